The van der Waals surface area contributed by atoms with Crippen molar-refractivity contribution < 1.29 is 14.6 Å². The quantitative estimate of drug-likeness (QED) is 0.756. The molecular weight excluding hydrogens is 318 g/mol. The highest BCUT2D eigenvalue weighted by Gasteiger charge is 2.22. The molecule has 2 heterocycles. The standard InChI is InChI=1S/C19H25N3O3/c1-14-13-20-21-18(14)15-7-10-22(11-8-15)9-2-12-25-17-5-3-16(4-6-17)19(23)24/h3-6,13,15H,2,7-12H2,1H3,(H,20,21)(H,23,24). The Morgan fingerprint density at radius 2 is 2.04 bits per heavy atom. The zero-order valence-electron chi connectivity index (χ0n) is 14.6. The van der Waals surface area contributed by atoms with E-state index >= 15 is 0 Å². The molecule has 0 radical (unpaired) electrons. The molecule has 2 N–H and O–H groups in total. The van der Waals surface area contributed by atoms with Crippen LogP contribution in [-0.2, 0) is 0 Å². The van der Waals surface area contributed by atoms with Gasteiger partial charge < -0.3 is 14.7 Å². The Bertz CT molecular complexity index is 688. The average molecular weight is 343 g/mol. The third kappa shape index (κ3) is 4.60. The molecule has 1 saturated heterocycles. The van der Waals surface area contributed by atoms with Crippen LogP contribution in [0.2, 0.25) is 0 Å². The maximum absolute atomic E-state index is 10.8. The summed E-state index contributed by atoms with van der Waals surface area (Å²) in [6.07, 6.45) is 5.21. The lowest BCUT2D eigenvalue weighted by atomic mass is 9.92. The highest BCUT2D eigenvalue weighted by molar-refractivity contribution is 5.87. The Kier molecular flexibility index (Phi) is 5.71. The maximum Gasteiger partial charge on any atom is 0.335 e. The Morgan fingerprint density at radius 3 is 2.64 bits per heavy atom. The van der Waals surface area contributed by atoms with Crippen LogP contribution in [0.4, 0.5) is 0 Å². The van der Waals surface area contributed by atoms with Gasteiger partial charge in [0.2, 0.25) is 0 Å². The zero-order chi connectivity index (χ0) is 17.6. The smallest absolute Gasteiger partial charge is 0.335 e. The molecule has 134 valence electrons. The van der Waals surface area contributed by atoms with Gasteiger partial charge in [-0.05, 0) is 69.1 Å². The summed E-state index contributed by atoms with van der Waals surface area (Å²) in [6.45, 7) is 6.01. The van der Waals surface area contributed by atoms with Crippen LogP contribution in [0.3, 0.4) is 0 Å². The molecule has 3 rings (SSSR count). The number of likely N-dealkylation sites (tertiary alicyclic amines) is 1. The second kappa shape index (κ2) is 8.16. The zero-order valence-corrected chi connectivity index (χ0v) is 14.6. The van der Waals surface area contributed by atoms with E-state index in [1.165, 1.54) is 24.1 Å². The van der Waals surface area contributed by atoms with Gasteiger partial charge in [0.05, 0.1) is 18.4 Å². The Balaban J connectivity index is 1.35. The molecule has 0 saturated carbocycles. The number of carboxylic acid groups (broad SMARTS) is 1. The molecule has 0 unspecified atom stereocenters. The van der Waals surface area contributed by atoms with Crippen LogP contribution in [0, 0.1) is 6.92 Å². The minimum absolute atomic E-state index is 0.280. The third-order valence-corrected chi connectivity index (χ3v) is 4.85. The molecule has 0 atom stereocenters. The number of H-pyrrole nitrogens is 1. The fraction of sp³-hybridized carbons (Fsp3) is 0.474. The van der Waals surface area contributed by atoms with Gasteiger partial charge in [0.25, 0.3) is 0 Å². The molecule has 1 aliphatic heterocycles. The lowest BCUT2D eigenvalue weighted by molar-refractivity contribution is 0.0697. The number of aromatic amines is 1. The summed E-state index contributed by atoms with van der Waals surface area (Å²) in [5.41, 5.74) is 2.84. The fourth-order valence-electron chi connectivity index (χ4n) is 3.39. The number of rotatable bonds is 7. The van der Waals surface area contributed by atoms with Gasteiger partial charge in [0.15, 0.2) is 0 Å². The van der Waals surface area contributed by atoms with Crippen LogP contribution in [0.1, 0.15) is 46.8 Å². The van der Waals surface area contributed by atoms with Crippen molar-refractivity contribution in [2.45, 2.75) is 32.1 Å². The molecule has 0 bridgehead atoms. The number of carbonyl (C=O) groups is 1. The Labute approximate surface area is 147 Å². The van der Waals surface area contributed by atoms with Crippen molar-refractivity contribution in [2.75, 3.05) is 26.2 Å². The second-order valence-electron chi connectivity index (χ2n) is 6.61. The molecule has 0 spiro atoms. The summed E-state index contributed by atoms with van der Waals surface area (Å²) in [5, 5.41) is 16.2. The van der Waals surface area contributed by atoms with Crippen molar-refractivity contribution >= 4 is 5.97 Å². The summed E-state index contributed by atoms with van der Waals surface area (Å²) >= 11 is 0. The van der Waals surface area contributed by atoms with Gasteiger partial charge in [-0.15, -0.1) is 0 Å². The molecule has 6 nitrogen and oxygen atoms in total. The van der Waals surface area contributed by atoms with E-state index < -0.39 is 5.97 Å². The van der Waals surface area contributed by atoms with E-state index in [2.05, 4.69) is 22.0 Å². The normalized spacial score (nSPS) is 16.0. The first-order valence-electron chi connectivity index (χ1n) is 8.82. The van der Waals surface area contributed by atoms with E-state index in [0.717, 1.165) is 31.8 Å². The largest absolute Gasteiger partial charge is 0.494 e. The maximum atomic E-state index is 10.8. The lowest BCUT2D eigenvalue weighted by Crippen LogP contribution is -2.34. The van der Waals surface area contributed by atoms with Crippen LogP contribution in [0.25, 0.3) is 0 Å². The van der Waals surface area contributed by atoms with Crippen LogP contribution in [-0.4, -0.2) is 52.4 Å². The monoisotopic (exact) mass is 343 g/mol. The minimum atomic E-state index is -0.916. The van der Waals surface area contributed by atoms with Crippen LogP contribution >= 0.6 is 0 Å². The molecule has 1 aromatic heterocycles. The van der Waals surface area contributed by atoms with Crippen LogP contribution < -0.4 is 4.74 Å². The fourth-order valence-corrected chi connectivity index (χ4v) is 3.39. The summed E-state index contributed by atoms with van der Waals surface area (Å²) < 4.78 is 5.69. The molecular formula is C19H25N3O3. The first-order chi connectivity index (χ1) is 12.1. The molecule has 6 heteroatoms. The summed E-state index contributed by atoms with van der Waals surface area (Å²) in [4.78, 5) is 13.3. The van der Waals surface area contributed by atoms with Gasteiger partial charge in [0.1, 0.15) is 5.75 Å². The number of aryl methyl sites for hydroxylation is 1. The van der Waals surface area contributed by atoms with Crippen molar-refractivity contribution in [1.82, 2.24) is 15.1 Å². The summed E-state index contributed by atoms with van der Waals surface area (Å²) in [6, 6.07) is 6.56. The molecule has 1 aromatic carbocycles. The highest BCUT2D eigenvalue weighted by Crippen LogP contribution is 2.28. The number of nitrogens with one attached hydrogen (secondary N) is 1. The molecule has 25 heavy (non-hydrogen) atoms. The first-order valence-corrected chi connectivity index (χ1v) is 8.82. The van der Waals surface area contributed by atoms with Crippen molar-refractivity contribution in [3.63, 3.8) is 0 Å². The van der Waals surface area contributed by atoms with Gasteiger partial charge in [-0.2, -0.15) is 5.10 Å². The van der Waals surface area contributed by atoms with E-state index in [9.17, 15) is 4.79 Å². The molecule has 0 amide bonds. The molecule has 0 aliphatic carbocycles. The van der Waals surface area contributed by atoms with E-state index in [1.807, 2.05) is 6.20 Å². The number of hydrogen-bond donors (Lipinski definition) is 2. The number of aromatic nitrogens is 2. The summed E-state index contributed by atoms with van der Waals surface area (Å²) in [5.74, 6) is 0.404. The summed E-state index contributed by atoms with van der Waals surface area (Å²) in [7, 11) is 0. The van der Waals surface area contributed by atoms with E-state index in [4.69, 9.17) is 9.84 Å². The number of ether oxygens (including phenoxy) is 1. The number of piperidine rings is 1. The van der Waals surface area contributed by atoms with Crippen molar-refractivity contribution in [2.24, 2.45) is 0 Å². The lowest BCUT2D eigenvalue weighted by Gasteiger charge is -2.31. The average Bonchev–Trinajstić information content (AvgIpc) is 3.06. The van der Waals surface area contributed by atoms with E-state index in [-0.39, 0.29) is 5.56 Å². The van der Waals surface area contributed by atoms with E-state index in [0.29, 0.717) is 12.5 Å². The number of hydrogen-bond acceptors (Lipinski definition) is 4. The third-order valence-electron chi connectivity index (χ3n) is 4.85. The number of carboxylic acids is 1. The van der Waals surface area contributed by atoms with Gasteiger partial charge in [-0.1, -0.05) is 0 Å². The molecule has 1 aliphatic rings. The first kappa shape index (κ1) is 17.5. The number of aromatic carboxylic acids is 1. The van der Waals surface area contributed by atoms with Gasteiger partial charge in [0, 0.05) is 18.2 Å². The van der Waals surface area contributed by atoms with Crippen LogP contribution in [0.15, 0.2) is 30.5 Å². The van der Waals surface area contributed by atoms with E-state index in [1.54, 1.807) is 24.3 Å². The molecule has 2 aromatic rings. The predicted octanol–water partition coefficient (Wildman–Crippen LogP) is 3.06. The van der Waals surface area contributed by atoms with Gasteiger partial charge in [-0.3, -0.25) is 5.10 Å². The van der Waals surface area contributed by atoms with Crippen molar-refractivity contribution in [3.05, 3.63) is 47.3 Å². The topological polar surface area (TPSA) is 78.5 Å². The second-order valence-corrected chi connectivity index (χ2v) is 6.61. The van der Waals surface area contributed by atoms with Gasteiger partial charge >= 0.3 is 5.97 Å². The van der Waals surface area contributed by atoms with Crippen molar-refractivity contribution in [3.8, 4) is 5.75 Å². The Hall–Kier alpha value is -2.34. The SMILES string of the molecule is Cc1cn[nH]c1C1CCN(CCCOc2ccc(C(=O)O)cc2)CC1. The highest BCUT2D eigenvalue weighted by atomic mass is 16.5. The van der Waals surface area contributed by atoms with Crippen molar-refractivity contribution in [1.29, 1.82) is 0 Å². The minimum Gasteiger partial charge on any atom is -0.494 e. The number of nitrogens with zero attached hydrogens (tertiary/aromatic N) is 2. The molecule has 1 fully saturated rings. The predicted molar refractivity (Wildman–Crippen MR) is 95.3 cm³/mol. The van der Waals surface area contributed by atoms with Crippen LogP contribution in [0.5, 0.6) is 5.75 Å². The number of benzene rings is 1. The van der Waals surface area contributed by atoms with Gasteiger partial charge in [-0.25, -0.2) is 4.79 Å². The Morgan fingerprint density at radius 1 is 1.32 bits per heavy atom.